The Kier molecular flexibility index (Phi) is 5.30. The largest absolute Gasteiger partial charge is 0.417 e. The van der Waals surface area contributed by atoms with E-state index >= 15 is 0 Å². The van der Waals surface area contributed by atoms with Gasteiger partial charge < -0.3 is 16.4 Å². The van der Waals surface area contributed by atoms with Crippen molar-refractivity contribution in [3.05, 3.63) is 58.6 Å². The van der Waals surface area contributed by atoms with E-state index in [2.05, 4.69) is 10.6 Å². The fourth-order valence-corrected chi connectivity index (χ4v) is 2.36. The van der Waals surface area contributed by atoms with E-state index in [0.29, 0.717) is 16.9 Å². The van der Waals surface area contributed by atoms with Gasteiger partial charge in [0.2, 0.25) is 5.91 Å². The first-order chi connectivity index (χ1) is 11.2. The summed E-state index contributed by atoms with van der Waals surface area (Å²) in [5, 5.41) is 5.27. The van der Waals surface area contributed by atoms with Crippen LogP contribution in [0.15, 0.2) is 42.5 Å². The topological polar surface area (TPSA) is 67.2 Å². The number of anilines is 2. The fraction of sp³-hybridized carbons (Fsp3) is 0.0667. The number of benzene rings is 2. The quantitative estimate of drug-likeness (QED) is 0.703. The molecule has 2 rings (SSSR count). The van der Waals surface area contributed by atoms with Crippen LogP contribution in [0.25, 0.3) is 0 Å². The van der Waals surface area contributed by atoms with Gasteiger partial charge in [-0.25, -0.2) is 0 Å². The van der Waals surface area contributed by atoms with Gasteiger partial charge in [-0.15, -0.1) is 0 Å². The van der Waals surface area contributed by atoms with Crippen molar-refractivity contribution in [1.29, 1.82) is 0 Å². The molecule has 0 aliphatic carbocycles. The number of nitrogens with one attached hydrogen (secondary N) is 2. The number of hydrogen-bond acceptors (Lipinski definition) is 2. The Morgan fingerprint density at radius 3 is 2.08 bits per heavy atom. The molecular formula is C15H11ClF3N3OS. The van der Waals surface area contributed by atoms with E-state index in [9.17, 15) is 18.0 Å². The van der Waals surface area contributed by atoms with E-state index < -0.39 is 22.7 Å². The van der Waals surface area contributed by atoms with Crippen LogP contribution in [0.2, 0.25) is 5.02 Å². The number of thiocarbonyl (C=S) groups is 1. The summed E-state index contributed by atoms with van der Waals surface area (Å²) in [6.07, 6.45) is -4.52. The monoisotopic (exact) mass is 373 g/mol. The fourth-order valence-electron chi connectivity index (χ4n) is 1.83. The molecule has 0 saturated carbocycles. The molecule has 0 spiro atoms. The van der Waals surface area contributed by atoms with Gasteiger partial charge >= 0.3 is 6.18 Å². The van der Waals surface area contributed by atoms with E-state index in [1.807, 2.05) is 0 Å². The normalized spacial score (nSPS) is 11.0. The summed E-state index contributed by atoms with van der Waals surface area (Å²) in [6.45, 7) is 0. The van der Waals surface area contributed by atoms with Crippen LogP contribution in [0, 0.1) is 0 Å². The van der Waals surface area contributed by atoms with E-state index in [1.165, 1.54) is 18.2 Å². The number of carbonyl (C=O) groups excluding carboxylic acids is 1. The van der Waals surface area contributed by atoms with Gasteiger partial charge in [0.25, 0.3) is 0 Å². The Bertz CT molecular complexity index is 779. The van der Waals surface area contributed by atoms with Crippen molar-refractivity contribution in [2.45, 2.75) is 6.18 Å². The molecule has 9 heteroatoms. The van der Waals surface area contributed by atoms with Crippen LogP contribution in [-0.4, -0.2) is 11.0 Å². The van der Waals surface area contributed by atoms with Crippen molar-refractivity contribution >= 4 is 46.2 Å². The number of hydrogen-bond donors (Lipinski definition) is 3. The smallest absolute Gasteiger partial charge is 0.366 e. The maximum Gasteiger partial charge on any atom is 0.417 e. The molecule has 0 aliphatic heterocycles. The average molecular weight is 374 g/mol. The lowest BCUT2D eigenvalue weighted by Gasteiger charge is -2.13. The number of carbonyl (C=O) groups is 1. The first kappa shape index (κ1) is 18.0. The lowest BCUT2D eigenvalue weighted by atomic mass is 10.2. The van der Waals surface area contributed by atoms with E-state index in [4.69, 9.17) is 29.6 Å². The van der Waals surface area contributed by atoms with Crippen LogP contribution < -0.4 is 16.4 Å². The highest BCUT2D eigenvalue weighted by molar-refractivity contribution is 7.80. The summed E-state index contributed by atoms with van der Waals surface area (Å²) in [6, 6.07) is 9.44. The van der Waals surface area contributed by atoms with Crippen molar-refractivity contribution in [2.75, 3.05) is 10.6 Å². The standard InChI is InChI=1S/C15H11ClF3N3OS/c16-12-7-10(5-6-11(12)15(17,18)19)22-14(24)21-9-3-1-8(2-4-9)13(20)23/h1-7H,(H2,20,23)(H2,21,22,24). The first-order valence-electron chi connectivity index (χ1n) is 6.51. The summed E-state index contributed by atoms with van der Waals surface area (Å²) in [5.74, 6) is -0.554. The second-order valence-electron chi connectivity index (χ2n) is 4.71. The Hall–Kier alpha value is -2.32. The van der Waals surface area contributed by atoms with Crippen molar-refractivity contribution < 1.29 is 18.0 Å². The molecule has 4 N–H and O–H groups in total. The Morgan fingerprint density at radius 2 is 1.58 bits per heavy atom. The highest BCUT2D eigenvalue weighted by Crippen LogP contribution is 2.35. The number of rotatable bonds is 3. The van der Waals surface area contributed by atoms with Gasteiger partial charge in [-0.05, 0) is 54.7 Å². The minimum absolute atomic E-state index is 0.151. The Labute approximate surface area is 145 Å². The van der Waals surface area contributed by atoms with Gasteiger partial charge in [0.05, 0.1) is 10.6 Å². The third kappa shape index (κ3) is 4.59. The molecular weight excluding hydrogens is 363 g/mol. The maximum atomic E-state index is 12.6. The molecule has 24 heavy (non-hydrogen) atoms. The predicted octanol–water partition coefficient (Wildman–Crippen LogP) is 4.27. The Balaban J connectivity index is 2.04. The van der Waals surface area contributed by atoms with Crippen LogP contribution in [0.4, 0.5) is 24.5 Å². The number of nitrogens with two attached hydrogens (primary N) is 1. The summed E-state index contributed by atoms with van der Waals surface area (Å²) in [7, 11) is 0. The van der Waals surface area contributed by atoms with Crippen molar-refractivity contribution in [3.8, 4) is 0 Å². The maximum absolute atomic E-state index is 12.6. The van der Waals surface area contributed by atoms with Crippen molar-refractivity contribution in [1.82, 2.24) is 0 Å². The van der Waals surface area contributed by atoms with Crippen molar-refractivity contribution in [3.63, 3.8) is 0 Å². The van der Waals surface area contributed by atoms with Crippen molar-refractivity contribution in [2.24, 2.45) is 5.73 Å². The molecule has 0 fully saturated rings. The SMILES string of the molecule is NC(=O)c1ccc(NC(=S)Nc2ccc(C(F)(F)F)c(Cl)c2)cc1. The highest BCUT2D eigenvalue weighted by Gasteiger charge is 2.33. The third-order valence-electron chi connectivity index (χ3n) is 2.96. The van der Waals surface area contributed by atoms with E-state index in [-0.39, 0.29) is 5.11 Å². The van der Waals surface area contributed by atoms with Gasteiger partial charge in [-0.1, -0.05) is 11.6 Å². The molecule has 0 bridgehead atoms. The zero-order chi connectivity index (χ0) is 17.9. The van der Waals surface area contributed by atoms with Gasteiger partial charge in [0.15, 0.2) is 5.11 Å². The molecule has 0 radical (unpaired) electrons. The van der Waals surface area contributed by atoms with Crippen LogP contribution in [0.1, 0.15) is 15.9 Å². The van der Waals surface area contributed by atoms with Gasteiger partial charge in [-0.3, -0.25) is 4.79 Å². The summed E-state index contributed by atoms with van der Waals surface area (Å²) >= 11 is 10.7. The third-order valence-corrected chi connectivity index (χ3v) is 3.48. The number of alkyl halides is 3. The summed E-state index contributed by atoms with van der Waals surface area (Å²) in [4.78, 5) is 11.0. The molecule has 0 unspecified atom stereocenters. The first-order valence-corrected chi connectivity index (χ1v) is 7.30. The van der Waals surface area contributed by atoms with E-state index in [0.717, 1.165) is 12.1 Å². The zero-order valence-corrected chi connectivity index (χ0v) is 13.5. The lowest BCUT2D eigenvalue weighted by Crippen LogP contribution is -2.19. The molecule has 1 amide bonds. The predicted molar refractivity (Wildman–Crippen MR) is 91.3 cm³/mol. The van der Waals surface area contributed by atoms with Gasteiger partial charge in [0, 0.05) is 16.9 Å². The highest BCUT2D eigenvalue weighted by atomic mass is 35.5. The number of amides is 1. The minimum Gasteiger partial charge on any atom is -0.366 e. The molecule has 2 aromatic carbocycles. The van der Waals surface area contributed by atoms with Crippen LogP contribution in [-0.2, 0) is 6.18 Å². The molecule has 0 saturated heterocycles. The minimum atomic E-state index is -4.52. The number of primary amides is 1. The molecule has 0 atom stereocenters. The van der Waals surface area contributed by atoms with Gasteiger partial charge in [0.1, 0.15) is 0 Å². The second kappa shape index (κ2) is 7.06. The van der Waals surface area contributed by atoms with Crippen LogP contribution in [0.5, 0.6) is 0 Å². The molecule has 0 heterocycles. The van der Waals surface area contributed by atoms with E-state index in [1.54, 1.807) is 12.1 Å². The molecule has 126 valence electrons. The van der Waals surface area contributed by atoms with Crippen LogP contribution in [0.3, 0.4) is 0 Å². The summed E-state index contributed by atoms with van der Waals surface area (Å²) < 4.78 is 37.9. The molecule has 0 aliphatic rings. The summed E-state index contributed by atoms with van der Waals surface area (Å²) in [5.41, 5.74) is 5.44. The average Bonchev–Trinajstić information content (AvgIpc) is 2.46. The zero-order valence-electron chi connectivity index (χ0n) is 11.9. The van der Waals surface area contributed by atoms with Gasteiger partial charge in [-0.2, -0.15) is 13.2 Å². The lowest BCUT2D eigenvalue weighted by molar-refractivity contribution is -0.137. The Morgan fingerprint density at radius 1 is 1.04 bits per heavy atom. The molecule has 2 aromatic rings. The molecule has 4 nitrogen and oxygen atoms in total. The van der Waals surface area contributed by atoms with Crippen LogP contribution >= 0.6 is 23.8 Å². The second-order valence-corrected chi connectivity index (χ2v) is 5.53. The number of halogens is 4. The molecule has 0 aromatic heterocycles.